The molecule has 0 amide bonds. The lowest BCUT2D eigenvalue weighted by molar-refractivity contribution is 0.334. The minimum Gasteiger partial charge on any atom is -0.494 e. The Morgan fingerprint density at radius 1 is 1.50 bits per heavy atom. The molecule has 0 bridgehead atoms. The van der Waals surface area contributed by atoms with Gasteiger partial charge >= 0.3 is 0 Å². The maximum atomic E-state index is 6.13. The maximum absolute atomic E-state index is 6.13. The summed E-state index contributed by atoms with van der Waals surface area (Å²) in [4.78, 5) is 0. The summed E-state index contributed by atoms with van der Waals surface area (Å²) in [7, 11) is 0. The number of hydrogen-bond donors (Lipinski definition) is 0. The van der Waals surface area contributed by atoms with Gasteiger partial charge in [-0.25, -0.2) is 0 Å². The van der Waals surface area contributed by atoms with E-state index in [-0.39, 0.29) is 0 Å². The molecule has 2 rings (SSSR count). The number of ether oxygens (including phenoxy) is 2. The average Bonchev–Trinajstić information content (AvgIpc) is 3.05. The summed E-state index contributed by atoms with van der Waals surface area (Å²) in [5.41, 5.74) is 2.25. The Balaban J connectivity index is 2.14. The quantitative estimate of drug-likeness (QED) is 0.736. The summed E-state index contributed by atoms with van der Waals surface area (Å²) in [6, 6.07) is 4.04. The second-order valence-electron chi connectivity index (χ2n) is 4.14. The van der Waals surface area contributed by atoms with Crippen LogP contribution in [0.1, 0.15) is 24.5 Å². The third-order valence-electron chi connectivity index (χ3n) is 2.78. The number of benzene rings is 1. The van der Waals surface area contributed by atoms with E-state index in [1.165, 1.54) is 5.56 Å². The van der Waals surface area contributed by atoms with Crippen LogP contribution in [0.25, 0.3) is 0 Å². The molecule has 88 valence electrons. The molecular weight excluding hydrogens is 224 g/mol. The SMILES string of the molecule is CCOc1cc(C)c(Cl)cc1CCC1CO1. The maximum Gasteiger partial charge on any atom is 0.122 e. The van der Waals surface area contributed by atoms with Gasteiger partial charge in [0, 0.05) is 5.02 Å². The van der Waals surface area contributed by atoms with Crippen LogP contribution in [0.3, 0.4) is 0 Å². The van der Waals surface area contributed by atoms with E-state index in [9.17, 15) is 0 Å². The van der Waals surface area contributed by atoms with E-state index in [4.69, 9.17) is 21.1 Å². The van der Waals surface area contributed by atoms with Gasteiger partial charge in [-0.3, -0.25) is 0 Å². The fourth-order valence-corrected chi connectivity index (χ4v) is 1.92. The van der Waals surface area contributed by atoms with E-state index >= 15 is 0 Å². The Morgan fingerprint density at radius 3 is 2.88 bits per heavy atom. The van der Waals surface area contributed by atoms with E-state index in [1.807, 2.05) is 26.0 Å². The Labute approximate surface area is 102 Å². The van der Waals surface area contributed by atoms with Gasteiger partial charge in [0.2, 0.25) is 0 Å². The van der Waals surface area contributed by atoms with Crippen molar-refractivity contribution in [1.29, 1.82) is 0 Å². The van der Waals surface area contributed by atoms with Crippen LogP contribution in [0.2, 0.25) is 5.02 Å². The van der Waals surface area contributed by atoms with Gasteiger partial charge in [0.25, 0.3) is 0 Å². The lowest BCUT2D eigenvalue weighted by Crippen LogP contribution is -1.99. The molecule has 1 unspecified atom stereocenters. The molecule has 1 aliphatic rings. The molecule has 16 heavy (non-hydrogen) atoms. The number of aryl methyl sites for hydroxylation is 2. The molecule has 0 spiro atoms. The van der Waals surface area contributed by atoms with Gasteiger partial charge in [0.1, 0.15) is 5.75 Å². The van der Waals surface area contributed by atoms with E-state index in [0.29, 0.717) is 12.7 Å². The van der Waals surface area contributed by atoms with Gasteiger partial charge in [0.15, 0.2) is 0 Å². The van der Waals surface area contributed by atoms with Crippen LogP contribution in [0.15, 0.2) is 12.1 Å². The first-order valence-corrected chi connectivity index (χ1v) is 6.12. The zero-order chi connectivity index (χ0) is 11.5. The highest BCUT2D eigenvalue weighted by atomic mass is 35.5. The zero-order valence-corrected chi connectivity index (χ0v) is 10.5. The molecule has 1 saturated heterocycles. The fraction of sp³-hybridized carbons (Fsp3) is 0.538. The number of hydrogen-bond acceptors (Lipinski definition) is 2. The minimum absolute atomic E-state index is 0.453. The smallest absolute Gasteiger partial charge is 0.122 e. The predicted octanol–water partition coefficient (Wildman–Crippen LogP) is 3.38. The van der Waals surface area contributed by atoms with Gasteiger partial charge in [-0.1, -0.05) is 11.6 Å². The summed E-state index contributed by atoms with van der Waals surface area (Å²) in [6.07, 6.45) is 2.48. The summed E-state index contributed by atoms with van der Waals surface area (Å²) in [5, 5.41) is 0.815. The number of halogens is 1. The first-order chi connectivity index (χ1) is 7.70. The third-order valence-corrected chi connectivity index (χ3v) is 3.19. The van der Waals surface area contributed by atoms with Crippen molar-refractivity contribution >= 4 is 11.6 Å². The van der Waals surface area contributed by atoms with Crippen molar-refractivity contribution in [3.8, 4) is 5.75 Å². The second-order valence-corrected chi connectivity index (χ2v) is 4.54. The standard InChI is InChI=1S/C13H17ClO2/c1-3-15-13-6-9(2)12(14)7-10(13)4-5-11-8-16-11/h6-7,11H,3-5,8H2,1-2H3. The molecule has 1 aromatic carbocycles. The van der Waals surface area contributed by atoms with Crippen molar-refractivity contribution in [2.24, 2.45) is 0 Å². The summed E-state index contributed by atoms with van der Waals surface area (Å²) in [6.45, 7) is 5.59. The Hall–Kier alpha value is -0.730. The van der Waals surface area contributed by atoms with E-state index in [2.05, 4.69) is 0 Å². The van der Waals surface area contributed by atoms with Crippen LogP contribution in [0.4, 0.5) is 0 Å². The van der Waals surface area contributed by atoms with Gasteiger partial charge in [0.05, 0.1) is 19.3 Å². The normalized spacial score (nSPS) is 18.6. The summed E-state index contributed by atoms with van der Waals surface area (Å²) >= 11 is 6.13. The van der Waals surface area contributed by atoms with Crippen LogP contribution in [0.5, 0.6) is 5.75 Å². The number of epoxide rings is 1. The van der Waals surface area contributed by atoms with Crippen LogP contribution in [0, 0.1) is 6.92 Å². The van der Waals surface area contributed by atoms with Crippen molar-refractivity contribution < 1.29 is 9.47 Å². The highest BCUT2D eigenvalue weighted by Gasteiger charge is 2.22. The highest BCUT2D eigenvalue weighted by molar-refractivity contribution is 6.31. The average molecular weight is 241 g/mol. The largest absolute Gasteiger partial charge is 0.494 e. The minimum atomic E-state index is 0.453. The van der Waals surface area contributed by atoms with Crippen molar-refractivity contribution in [3.63, 3.8) is 0 Å². The lowest BCUT2D eigenvalue weighted by Gasteiger charge is -2.12. The molecule has 0 aromatic heterocycles. The molecule has 0 aliphatic carbocycles. The van der Waals surface area contributed by atoms with E-state index < -0.39 is 0 Å². The Bertz CT molecular complexity index is 372. The fourth-order valence-electron chi connectivity index (χ4n) is 1.73. The van der Waals surface area contributed by atoms with Crippen LogP contribution in [-0.2, 0) is 11.2 Å². The number of rotatable bonds is 5. The van der Waals surface area contributed by atoms with Crippen LogP contribution >= 0.6 is 11.6 Å². The zero-order valence-electron chi connectivity index (χ0n) is 9.75. The summed E-state index contributed by atoms with van der Waals surface area (Å²) < 4.78 is 10.8. The third kappa shape index (κ3) is 2.89. The molecule has 1 fully saturated rings. The van der Waals surface area contributed by atoms with Gasteiger partial charge < -0.3 is 9.47 Å². The molecule has 2 nitrogen and oxygen atoms in total. The predicted molar refractivity (Wildman–Crippen MR) is 65.4 cm³/mol. The van der Waals surface area contributed by atoms with E-state index in [1.54, 1.807) is 0 Å². The Morgan fingerprint density at radius 2 is 2.25 bits per heavy atom. The van der Waals surface area contributed by atoms with Crippen LogP contribution in [-0.4, -0.2) is 19.3 Å². The molecule has 3 heteroatoms. The van der Waals surface area contributed by atoms with Crippen molar-refractivity contribution in [3.05, 3.63) is 28.3 Å². The van der Waals surface area contributed by atoms with Crippen molar-refractivity contribution in [2.75, 3.05) is 13.2 Å². The van der Waals surface area contributed by atoms with Crippen molar-refractivity contribution in [2.45, 2.75) is 32.8 Å². The van der Waals surface area contributed by atoms with Gasteiger partial charge in [-0.05, 0) is 49.9 Å². The van der Waals surface area contributed by atoms with E-state index in [0.717, 1.165) is 35.8 Å². The van der Waals surface area contributed by atoms with Gasteiger partial charge in [-0.2, -0.15) is 0 Å². The summed E-state index contributed by atoms with van der Waals surface area (Å²) in [5.74, 6) is 0.963. The molecule has 0 saturated carbocycles. The van der Waals surface area contributed by atoms with Gasteiger partial charge in [-0.15, -0.1) is 0 Å². The topological polar surface area (TPSA) is 21.8 Å². The monoisotopic (exact) mass is 240 g/mol. The first kappa shape index (κ1) is 11.7. The van der Waals surface area contributed by atoms with Crippen molar-refractivity contribution in [1.82, 2.24) is 0 Å². The molecule has 0 radical (unpaired) electrons. The van der Waals surface area contributed by atoms with Crippen LogP contribution < -0.4 is 4.74 Å². The highest BCUT2D eigenvalue weighted by Crippen LogP contribution is 2.29. The molecule has 1 atom stereocenters. The molecular formula is C13H17ClO2. The molecule has 0 N–H and O–H groups in total. The lowest BCUT2D eigenvalue weighted by atomic mass is 10.1. The Kier molecular flexibility index (Phi) is 3.72. The molecule has 1 aliphatic heterocycles. The first-order valence-electron chi connectivity index (χ1n) is 5.74. The second kappa shape index (κ2) is 5.07. The molecule has 1 heterocycles. The molecule has 1 aromatic rings.